The summed E-state index contributed by atoms with van der Waals surface area (Å²) in [5.41, 5.74) is 0.901. The van der Waals surface area contributed by atoms with E-state index in [0.29, 0.717) is 17.8 Å². The van der Waals surface area contributed by atoms with E-state index in [9.17, 15) is 18.0 Å². The molecule has 7 nitrogen and oxygen atoms in total. The fourth-order valence-electron chi connectivity index (χ4n) is 2.25. The van der Waals surface area contributed by atoms with Crippen LogP contribution in [0.25, 0.3) is 0 Å². The van der Waals surface area contributed by atoms with Gasteiger partial charge in [-0.15, -0.1) is 0 Å². The maximum Gasteiger partial charge on any atom is 0.253 e. The second-order valence-corrected chi connectivity index (χ2v) is 7.50. The Kier molecular flexibility index (Phi) is 4.52. The van der Waals surface area contributed by atoms with E-state index in [2.05, 4.69) is 5.32 Å². The van der Waals surface area contributed by atoms with E-state index in [0.717, 1.165) is 10.6 Å². The molecule has 1 aromatic carbocycles. The third-order valence-corrected chi connectivity index (χ3v) is 4.76. The molecule has 0 saturated heterocycles. The van der Waals surface area contributed by atoms with Crippen molar-refractivity contribution in [1.82, 2.24) is 9.62 Å². The Morgan fingerprint density at radius 3 is 2.68 bits per heavy atom. The van der Waals surface area contributed by atoms with Crippen LogP contribution < -0.4 is 10.2 Å². The van der Waals surface area contributed by atoms with Crippen LogP contribution in [-0.2, 0) is 14.8 Å². The van der Waals surface area contributed by atoms with E-state index >= 15 is 0 Å². The van der Waals surface area contributed by atoms with Gasteiger partial charge >= 0.3 is 0 Å². The number of rotatable bonds is 3. The van der Waals surface area contributed by atoms with Gasteiger partial charge in [0, 0.05) is 19.6 Å². The first-order valence-corrected chi connectivity index (χ1v) is 8.66. The summed E-state index contributed by atoms with van der Waals surface area (Å²) in [6, 6.07) is 6.56. The lowest BCUT2D eigenvalue weighted by molar-refractivity contribution is -0.118. The third kappa shape index (κ3) is 3.45. The number of carbonyl (C=O) groups excluding carboxylic acids is 2. The number of benzene rings is 1. The molecule has 8 heteroatoms. The predicted molar refractivity (Wildman–Crippen MR) is 83.2 cm³/mol. The molecule has 0 spiro atoms. The molecule has 0 aromatic heterocycles. The maximum atomic E-state index is 12.5. The minimum Gasteiger partial charge on any atom is -0.348 e. The molecule has 22 heavy (non-hydrogen) atoms. The smallest absolute Gasteiger partial charge is 0.253 e. The van der Waals surface area contributed by atoms with E-state index in [-0.39, 0.29) is 24.4 Å². The molecule has 1 N–H and O–H groups in total. The summed E-state index contributed by atoms with van der Waals surface area (Å²) in [7, 11) is -2.09. The van der Waals surface area contributed by atoms with Crippen molar-refractivity contribution >= 4 is 27.5 Å². The zero-order chi connectivity index (χ0) is 16.5. The van der Waals surface area contributed by atoms with E-state index < -0.39 is 10.0 Å². The summed E-state index contributed by atoms with van der Waals surface area (Å²) in [6.07, 6.45) is 1.05. The highest BCUT2D eigenvalue weighted by Gasteiger charge is 2.29. The first-order chi connectivity index (χ1) is 10.2. The van der Waals surface area contributed by atoms with Crippen molar-refractivity contribution in [3.8, 4) is 0 Å². The fraction of sp³-hybridized carbons (Fsp3) is 0.429. The highest BCUT2D eigenvalue weighted by atomic mass is 32.2. The van der Waals surface area contributed by atoms with Crippen LogP contribution in [0.5, 0.6) is 0 Å². The Balaban J connectivity index is 2.34. The van der Waals surface area contributed by atoms with Crippen molar-refractivity contribution in [3.05, 3.63) is 29.8 Å². The number of amides is 2. The van der Waals surface area contributed by atoms with Crippen molar-refractivity contribution in [2.45, 2.75) is 13.0 Å². The van der Waals surface area contributed by atoms with Gasteiger partial charge in [0.05, 0.1) is 24.1 Å². The van der Waals surface area contributed by atoms with Crippen LogP contribution in [0.4, 0.5) is 5.69 Å². The molecule has 1 unspecified atom stereocenters. The number of hydrogen-bond acceptors (Lipinski definition) is 4. The lowest BCUT2D eigenvalue weighted by atomic mass is 10.1. The van der Waals surface area contributed by atoms with E-state index in [1.165, 1.54) is 11.9 Å². The van der Waals surface area contributed by atoms with E-state index in [1.54, 1.807) is 31.2 Å². The molecule has 1 heterocycles. The van der Waals surface area contributed by atoms with Gasteiger partial charge in [-0.25, -0.2) is 8.42 Å². The molecule has 1 aromatic rings. The van der Waals surface area contributed by atoms with E-state index in [4.69, 9.17) is 0 Å². The Labute approximate surface area is 129 Å². The van der Waals surface area contributed by atoms with Gasteiger partial charge < -0.3 is 10.2 Å². The summed E-state index contributed by atoms with van der Waals surface area (Å²) in [4.78, 5) is 26.1. The van der Waals surface area contributed by atoms with Gasteiger partial charge in [-0.2, -0.15) is 4.31 Å². The SMILES string of the molecule is CC1CN(C(=O)CN(C)S(C)(=O)=O)c2ccccc2C(=O)N1. The number of para-hydroxylation sites is 1. The Morgan fingerprint density at radius 1 is 1.41 bits per heavy atom. The molecule has 0 fully saturated rings. The number of carbonyl (C=O) groups is 2. The number of anilines is 1. The van der Waals surface area contributed by atoms with Crippen molar-refractivity contribution in [3.63, 3.8) is 0 Å². The molecule has 0 saturated carbocycles. The highest BCUT2D eigenvalue weighted by Crippen LogP contribution is 2.23. The van der Waals surface area contributed by atoms with Crippen LogP contribution in [-0.4, -0.2) is 57.0 Å². The monoisotopic (exact) mass is 325 g/mol. The second-order valence-electron chi connectivity index (χ2n) is 5.42. The standard InChI is InChI=1S/C14H19N3O4S/c1-10-8-17(13(18)9-16(2)22(3,20)21)12-7-5-4-6-11(12)14(19)15-10/h4-7,10H,8-9H2,1-3H3,(H,15,19). The minimum absolute atomic E-state index is 0.229. The van der Waals surface area contributed by atoms with Crippen LogP contribution in [0, 0.1) is 0 Å². The number of nitrogens with one attached hydrogen (secondary N) is 1. The van der Waals surface area contributed by atoms with Crippen LogP contribution >= 0.6 is 0 Å². The largest absolute Gasteiger partial charge is 0.348 e. The Bertz CT molecular complexity index is 702. The minimum atomic E-state index is -3.44. The molecular weight excluding hydrogens is 306 g/mol. The average Bonchev–Trinajstić information content (AvgIpc) is 2.55. The molecular formula is C14H19N3O4S. The molecule has 2 amide bonds. The van der Waals surface area contributed by atoms with Crippen molar-refractivity contribution in [1.29, 1.82) is 0 Å². The second kappa shape index (κ2) is 6.05. The lowest BCUT2D eigenvalue weighted by Gasteiger charge is -2.25. The predicted octanol–water partition coefficient (Wildman–Crippen LogP) is 0.0429. The molecule has 0 aliphatic carbocycles. The number of likely N-dealkylation sites (N-methyl/N-ethyl adjacent to an activating group) is 1. The van der Waals surface area contributed by atoms with Crippen molar-refractivity contribution in [2.24, 2.45) is 0 Å². The first-order valence-electron chi connectivity index (χ1n) is 6.81. The number of nitrogens with zero attached hydrogens (tertiary/aromatic N) is 2. The van der Waals surface area contributed by atoms with Gasteiger partial charge in [0.25, 0.3) is 5.91 Å². The fourth-order valence-corrected chi connectivity index (χ4v) is 2.59. The summed E-state index contributed by atoms with van der Waals surface area (Å²) >= 11 is 0. The summed E-state index contributed by atoms with van der Waals surface area (Å²) in [6.45, 7) is 1.82. The maximum absolute atomic E-state index is 12.5. The molecule has 1 aliphatic rings. The summed E-state index contributed by atoms with van der Waals surface area (Å²) in [5.74, 6) is -0.612. The van der Waals surface area contributed by atoms with Crippen LogP contribution in [0.15, 0.2) is 24.3 Å². The zero-order valence-corrected chi connectivity index (χ0v) is 13.6. The molecule has 120 valence electrons. The number of sulfonamides is 1. The van der Waals surface area contributed by atoms with Crippen LogP contribution in [0.3, 0.4) is 0 Å². The Hall–Kier alpha value is -1.93. The average molecular weight is 325 g/mol. The van der Waals surface area contributed by atoms with Gasteiger partial charge in [-0.1, -0.05) is 12.1 Å². The van der Waals surface area contributed by atoms with Crippen LogP contribution in [0.1, 0.15) is 17.3 Å². The summed E-state index contributed by atoms with van der Waals surface area (Å²) in [5, 5.41) is 2.80. The van der Waals surface area contributed by atoms with Crippen molar-refractivity contribution < 1.29 is 18.0 Å². The molecule has 1 atom stereocenters. The number of fused-ring (bicyclic) bond motifs is 1. The lowest BCUT2D eigenvalue weighted by Crippen LogP contribution is -2.45. The van der Waals surface area contributed by atoms with Gasteiger partial charge in [0.2, 0.25) is 15.9 Å². The molecule has 2 rings (SSSR count). The molecule has 0 radical (unpaired) electrons. The summed E-state index contributed by atoms with van der Waals surface area (Å²) < 4.78 is 23.9. The molecule has 1 aliphatic heterocycles. The first kappa shape index (κ1) is 16.4. The van der Waals surface area contributed by atoms with E-state index in [1.807, 2.05) is 0 Å². The van der Waals surface area contributed by atoms with Gasteiger partial charge in [-0.3, -0.25) is 9.59 Å². The van der Waals surface area contributed by atoms with Gasteiger partial charge in [-0.05, 0) is 19.1 Å². The third-order valence-electron chi connectivity index (χ3n) is 3.50. The zero-order valence-electron chi connectivity index (χ0n) is 12.7. The topological polar surface area (TPSA) is 86.8 Å². The highest BCUT2D eigenvalue weighted by molar-refractivity contribution is 7.88. The van der Waals surface area contributed by atoms with Crippen molar-refractivity contribution in [2.75, 3.05) is 31.3 Å². The van der Waals surface area contributed by atoms with Gasteiger partial charge in [0.1, 0.15) is 0 Å². The van der Waals surface area contributed by atoms with Crippen LogP contribution in [0.2, 0.25) is 0 Å². The Morgan fingerprint density at radius 2 is 2.05 bits per heavy atom. The molecule has 0 bridgehead atoms. The number of hydrogen-bond donors (Lipinski definition) is 1. The normalized spacial score (nSPS) is 18.6. The van der Waals surface area contributed by atoms with Gasteiger partial charge in [0.15, 0.2) is 0 Å². The quantitative estimate of drug-likeness (QED) is 0.850.